The monoisotopic (exact) mass is 516 g/mol. The number of aliphatic carboxylic acids is 4. The van der Waals surface area contributed by atoms with Crippen LogP contribution < -0.4 is 0 Å². The minimum absolute atomic E-state index is 0.235. The van der Waals surface area contributed by atoms with Gasteiger partial charge in [-0.2, -0.15) is 0 Å². The summed E-state index contributed by atoms with van der Waals surface area (Å²) in [4.78, 5) is 98.0. The van der Waals surface area contributed by atoms with Gasteiger partial charge in [0, 0.05) is 52.4 Å². The molecule has 1 rings (SSSR count). The molecule has 0 aromatic rings. The van der Waals surface area contributed by atoms with Crippen LogP contribution in [-0.2, 0) is 38.4 Å². The maximum Gasteiger partial charge on any atom is 0.312 e. The Morgan fingerprint density at radius 1 is 0.361 bits per heavy atom. The zero-order valence-electron chi connectivity index (χ0n) is 19.3. The third-order valence-electron chi connectivity index (χ3n) is 5.18. The van der Waals surface area contributed by atoms with Crippen molar-refractivity contribution in [1.29, 1.82) is 0 Å². The van der Waals surface area contributed by atoms with E-state index in [0.29, 0.717) is 0 Å². The van der Waals surface area contributed by atoms with E-state index in [-0.39, 0.29) is 52.4 Å². The van der Waals surface area contributed by atoms with Crippen molar-refractivity contribution in [2.45, 2.75) is 25.7 Å². The van der Waals surface area contributed by atoms with E-state index >= 15 is 0 Å². The van der Waals surface area contributed by atoms with Gasteiger partial charge in [-0.15, -0.1) is 0 Å². The average Bonchev–Trinajstić information content (AvgIpc) is 2.71. The number of hydrogen-bond acceptors (Lipinski definition) is 8. The summed E-state index contributed by atoms with van der Waals surface area (Å²) >= 11 is 0. The molecule has 0 saturated carbocycles. The molecular weight excluding hydrogens is 488 g/mol. The summed E-state index contributed by atoms with van der Waals surface area (Å²) in [5, 5.41) is 35.8. The normalized spacial score (nSPS) is 15.3. The maximum atomic E-state index is 12.4. The van der Waals surface area contributed by atoms with Gasteiger partial charge in [-0.1, -0.05) is 0 Å². The highest BCUT2D eigenvalue weighted by Gasteiger charge is 2.27. The van der Waals surface area contributed by atoms with E-state index in [2.05, 4.69) is 0 Å². The van der Waals surface area contributed by atoms with Crippen LogP contribution in [0.5, 0.6) is 0 Å². The van der Waals surface area contributed by atoms with Crippen molar-refractivity contribution in [3.05, 3.63) is 0 Å². The summed E-state index contributed by atoms with van der Waals surface area (Å²) in [7, 11) is 0. The molecule has 4 N–H and O–H groups in total. The van der Waals surface area contributed by atoms with Crippen molar-refractivity contribution in [3.8, 4) is 0 Å². The van der Waals surface area contributed by atoms with Gasteiger partial charge in [0.2, 0.25) is 23.6 Å². The van der Waals surface area contributed by atoms with Crippen LogP contribution in [0.15, 0.2) is 0 Å². The van der Waals surface area contributed by atoms with Crippen LogP contribution in [0.1, 0.15) is 25.7 Å². The van der Waals surface area contributed by atoms with E-state index < -0.39 is 73.2 Å². The number of rotatable bonds is 8. The predicted molar refractivity (Wildman–Crippen MR) is 115 cm³/mol. The lowest BCUT2D eigenvalue weighted by Gasteiger charge is -2.34. The van der Waals surface area contributed by atoms with Crippen LogP contribution in [-0.4, -0.2) is 140 Å². The Bertz CT molecular complexity index is 745. The molecule has 0 aliphatic carbocycles. The molecule has 0 unspecified atom stereocenters. The highest BCUT2D eigenvalue weighted by molar-refractivity contribution is 5.95. The van der Waals surface area contributed by atoms with Crippen molar-refractivity contribution in [3.63, 3.8) is 0 Å². The summed E-state index contributed by atoms with van der Waals surface area (Å²) < 4.78 is 0. The Morgan fingerprint density at radius 3 is 0.611 bits per heavy atom. The van der Waals surface area contributed by atoms with Crippen LogP contribution in [0.3, 0.4) is 0 Å². The molecule has 16 nitrogen and oxygen atoms in total. The third-order valence-corrected chi connectivity index (χ3v) is 5.18. The third kappa shape index (κ3) is 10.8. The molecule has 4 amide bonds. The smallest absolute Gasteiger partial charge is 0.312 e. The van der Waals surface area contributed by atoms with Crippen molar-refractivity contribution in [2.24, 2.45) is 0 Å². The highest BCUT2D eigenvalue weighted by Crippen LogP contribution is 2.07. The predicted octanol–water partition coefficient (Wildman–Crippen LogP) is -2.79. The van der Waals surface area contributed by atoms with Crippen molar-refractivity contribution in [2.75, 3.05) is 52.4 Å². The summed E-state index contributed by atoms with van der Waals surface area (Å²) in [5.41, 5.74) is 0. The lowest BCUT2D eigenvalue weighted by molar-refractivity contribution is -0.150. The second kappa shape index (κ2) is 14.2. The maximum absolute atomic E-state index is 12.4. The van der Waals surface area contributed by atoms with Crippen molar-refractivity contribution >= 4 is 47.5 Å². The minimum atomic E-state index is -1.42. The number of carboxylic acid groups (broad SMARTS) is 4. The van der Waals surface area contributed by atoms with Gasteiger partial charge in [-0.25, -0.2) is 0 Å². The van der Waals surface area contributed by atoms with E-state index in [0.717, 1.165) is 19.6 Å². The number of hydrogen-bond donors (Lipinski definition) is 4. The molecule has 36 heavy (non-hydrogen) atoms. The molecule has 200 valence electrons. The number of carboxylic acids is 4. The van der Waals surface area contributed by atoms with E-state index in [1.165, 1.54) is 0 Å². The molecule has 0 radical (unpaired) electrons. The Labute approximate surface area is 204 Å². The zero-order valence-corrected chi connectivity index (χ0v) is 19.3. The fourth-order valence-electron chi connectivity index (χ4n) is 3.38. The lowest BCUT2D eigenvalue weighted by atomic mass is 10.2. The summed E-state index contributed by atoms with van der Waals surface area (Å²) in [6, 6.07) is 0. The molecule has 16 heteroatoms. The molecule has 1 fully saturated rings. The molecule has 0 spiro atoms. The molecule has 0 bridgehead atoms. The molecule has 1 aliphatic heterocycles. The standard InChI is InChI=1S/C20H28N4O12/c25-13(9-17(29)30)21-1-2-22(14(26)10-18(31)32)5-6-24(16(28)12-20(35)36)8-7-23(4-3-21)15(27)11-19(33)34/h1-12H2,(H,29,30)(H,31,32)(H,33,34)(H,35,36). The quantitative estimate of drug-likeness (QED) is 0.240. The molecular formula is C20H28N4O12. The SMILES string of the molecule is O=C(O)CC(=O)N1CCN(C(=O)CC(=O)O)CCN(C(=O)CC(=O)O)CCN(C(=O)CC(=O)O)CC1. The summed E-state index contributed by atoms with van der Waals surface area (Å²) in [6.45, 7) is -1.88. The molecule has 0 atom stereocenters. The first-order valence-corrected chi connectivity index (χ1v) is 10.8. The zero-order chi connectivity index (χ0) is 27.4. The van der Waals surface area contributed by atoms with Crippen molar-refractivity contribution in [1.82, 2.24) is 19.6 Å². The highest BCUT2D eigenvalue weighted by atomic mass is 16.4. The van der Waals surface area contributed by atoms with E-state index in [9.17, 15) is 38.4 Å². The van der Waals surface area contributed by atoms with Crippen LogP contribution in [0.4, 0.5) is 0 Å². The molecule has 0 aromatic carbocycles. The van der Waals surface area contributed by atoms with Crippen LogP contribution in [0, 0.1) is 0 Å². The van der Waals surface area contributed by atoms with Crippen LogP contribution in [0.2, 0.25) is 0 Å². The van der Waals surface area contributed by atoms with E-state index in [1.54, 1.807) is 0 Å². The van der Waals surface area contributed by atoms with Gasteiger partial charge >= 0.3 is 23.9 Å². The second-order valence-electron chi connectivity index (χ2n) is 7.81. The van der Waals surface area contributed by atoms with Crippen molar-refractivity contribution < 1.29 is 58.8 Å². The van der Waals surface area contributed by atoms with Gasteiger partial charge in [0.05, 0.1) is 0 Å². The largest absolute Gasteiger partial charge is 0.481 e. The first-order chi connectivity index (χ1) is 16.8. The molecule has 0 aromatic heterocycles. The fourth-order valence-corrected chi connectivity index (χ4v) is 3.38. The van der Waals surface area contributed by atoms with Gasteiger partial charge in [-0.05, 0) is 0 Å². The first-order valence-electron chi connectivity index (χ1n) is 10.8. The Hall–Kier alpha value is -4.24. The number of carbonyl (C=O) groups is 8. The summed E-state index contributed by atoms with van der Waals surface area (Å²) in [5.74, 6) is -9.04. The second-order valence-corrected chi connectivity index (χ2v) is 7.81. The Balaban J connectivity index is 3.25. The van der Waals surface area contributed by atoms with Crippen LogP contribution >= 0.6 is 0 Å². The number of nitrogens with zero attached hydrogens (tertiary/aromatic N) is 4. The van der Waals surface area contributed by atoms with Crippen LogP contribution in [0.25, 0.3) is 0 Å². The molecule has 1 heterocycles. The Morgan fingerprint density at radius 2 is 0.500 bits per heavy atom. The fraction of sp³-hybridized carbons (Fsp3) is 0.600. The summed E-state index contributed by atoms with van der Waals surface area (Å²) in [6.07, 6.45) is -3.54. The van der Waals surface area contributed by atoms with Gasteiger partial charge in [0.1, 0.15) is 25.7 Å². The average molecular weight is 516 g/mol. The molecule has 1 saturated heterocycles. The lowest BCUT2D eigenvalue weighted by Crippen LogP contribution is -2.51. The van der Waals surface area contributed by atoms with E-state index in [4.69, 9.17) is 20.4 Å². The van der Waals surface area contributed by atoms with Gasteiger partial charge in [0.15, 0.2) is 0 Å². The topological polar surface area (TPSA) is 230 Å². The van der Waals surface area contributed by atoms with Gasteiger partial charge in [0.25, 0.3) is 0 Å². The van der Waals surface area contributed by atoms with Gasteiger partial charge in [-0.3, -0.25) is 38.4 Å². The first kappa shape index (κ1) is 29.8. The van der Waals surface area contributed by atoms with Gasteiger partial charge < -0.3 is 40.0 Å². The Kier molecular flexibility index (Phi) is 11.8. The van der Waals surface area contributed by atoms with E-state index in [1.807, 2.05) is 0 Å². The number of amides is 4. The minimum Gasteiger partial charge on any atom is -0.481 e. The number of carbonyl (C=O) groups excluding carboxylic acids is 4. The molecule has 1 aliphatic rings.